The van der Waals surface area contributed by atoms with Crippen LogP contribution in [-0.2, 0) is 45.2 Å². The number of ether oxygens (including phenoxy) is 3. The molecule has 14 heteroatoms. The van der Waals surface area contributed by atoms with Crippen LogP contribution in [0.15, 0.2) is 133 Å². The molecule has 0 aliphatic heterocycles. The van der Waals surface area contributed by atoms with Gasteiger partial charge in [0.05, 0.1) is 19.3 Å². The first-order valence-electron chi connectivity index (χ1n) is 21.6. The monoisotopic (exact) mass is 887 g/mol. The molecule has 0 radical (unpaired) electrons. The van der Waals surface area contributed by atoms with Gasteiger partial charge in [-0.2, -0.15) is 0 Å². The molecule has 7 N–H and O–H groups in total. The Balaban J connectivity index is 1.40. The fourth-order valence-electron chi connectivity index (χ4n) is 6.97. The summed E-state index contributed by atoms with van der Waals surface area (Å²) in [5.74, 6) is -0.583. The summed E-state index contributed by atoms with van der Waals surface area (Å²) in [6.07, 6.45) is -2.29. The molecule has 0 aliphatic rings. The van der Waals surface area contributed by atoms with Gasteiger partial charge in [-0.1, -0.05) is 126 Å². The SMILES string of the molecule is COc1ccc(CNC(=O)[C@@H](NC(=O)[C@H](NCc2ccc(Oc3ccccc3)cc2)[C@H](O)[C@H](Cc2ccccc2)NC(=O)[C@@H](NC(=O)OCc2ccccc2)C(C)(C)C)C(C)C)c(O)c1. The number of carbonyl (C=O) groups excluding carboxylic acids is 4. The van der Waals surface area contributed by atoms with Crippen molar-refractivity contribution in [3.8, 4) is 23.0 Å². The third-order valence-corrected chi connectivity index (χ3v) is 10.7. The minimum Gasteiger partial charge on any atom is -0.507 e. The zero-order valence-electron chi connectivity index (χ0n) is 37.7. The Hall–Kier alpha value is -6.90. The van der Waals surface area contributed by atoms with Crippen LogP contribution < -0.4 is 36.1 Å². The number of aliphatic hydroxyl groups excluding tert-OH is 1. The molecule has 65 heavy (non-hydrogen) atoms. The molecule has 0 unspecified atom stereocenters. The summed E-state index contributed by atoms with van der Waals surface area (Å²) >= 11 is 0. The molecule has 0 saturated carbocycles. The fourth-order valence-corrected chi connectivity index (χ4v) is 6.97. The highest BCUT2D eigenvalue weighted by atomic mass is 16.5. The number of aromatic hydroxyl groups is 1. The molecule has 344 valence electrons. The average Bonchev–Trinajstić information content (AvgIpc) is 3.29. The number of methoxy groups -OCH3 is 1. The molecule has 5 atom stereocenters. The van der Waals surface area contributed by atoms with Crippen LogP contribution in [0.5, 0.6) is 23.0 Å². The molecule has 14 nitrogen and oxygen atoms in total. The van der Waals surface area contributed by atoms with Crippen LogP contribution in [0.3, 0.4) is 0 Å². The first-order chi connectivity index (χ1) is 31.1. The second kappa shape index (κ2) is 23.7. The van der Waals surface area contributed by atoms with Crippen molar-refractivity contribution >= 4 is 23.8 Å². The number of rotatable bonds is 21. The lowest BCUT2D eigenvalue weighted by Crippen LogP contribution is -2.63. The van der Waals surface area contributed by atoms with Gasteiger partial charge in [-0.15, -0.1) is 0 Å². The van der Waals surface area contributed by atoms with Crippen molar-refractivity contribution in [3.05, 3.63) is 156 Å². The predicted octanol–water partition coefficient (Wildman–Crippen LogP) is 6.54. The maximum atomic E-state index is 14.6. The van der Waals surface area contributed by atoms with Crippen LogP contribution in [-0.4, -0.2) is 71.4 Å². The van der Waals surface area contributed by atoms with Gasteiger partial charge >= 0.3 is 6.09 Å². The number of carbonyl (C=O) groups is 4. The van der Waals surface area contributed by atoms with Crippen molar-refractivity contribution in [2.75, 3.05) is 7.11 Å². The molecule has 0 bridgehead atoms. The number of hydrogen-bond donors (Lipinski definition) is 7. The van der Waals surface area contributed by atoms with Crippen molar-refractivity contribution < 1.29 is 43.6 Å². The number of alkyl carbamates (subject to hydrolysis) is 1. The molecular weight excluding hydrogens is 827 g/mol. The van der Waals surface area contributed by atoms with Gasteiger partial charge < -0.3 is 45.7 Å². The van der Waals surface area contributed by atoms with E-state index in [2.05, 4.69) is 26.6 Å². The molecule has 0 saturated heterocycles. The van der Waals surface area contributed by atoms with Gasteiger partial charge in [0.15, 0.2) is 0 Å². The Bertz CT molecular complexity index is 2290. The average molecular weight is 888 g/mol. The quantitative estimate of drug-likeness (QED) is 0.0425. The van der Waals surface area contributed by atoms with E-state index in [9.17, 15) is 29.4 Å². The van der Waals surface area contributed by atoms with Crippen LogP contribution >= 0.6 is 0 Å². The molecule has 0 aromatic heterocycles. The van der Waals surface area contributed by atoms with Gasteiger partial charge in [-0.25, -0.2) is 4.79 Å². The molecule has 0 heterocycles. The van der Waals surface area contributed by atoms with E-state index in [1.54, 1.807) is 58.9 Å². The van der Waals surface area contributed by atoms with Crippen molar-refractivity contribution in [1.82, 2.24) is 26.6 Å². The second-order valence-corrected chi connectivity index (χ2v) is 17.2. The Morgan fingerprint density at radius 2 is 1.22 bits per heavy atom. The molecule has 5 aromatic carbocycles. The molecule has 0 spiro atoms. The number of phenolic OH excluding ortho intramolecular Hbond substituents is 1. The zero-order chi connectivity index (χ0) is 46.9. The van der Waals surface area contributed by atoms with Crippen LogP contribution in [0.1, 0.15) is 56.9 Å². The molecule has 0 aliphatic carbocycles. The number of aliphatic hydroxyl groups is 1. The first kappa shape index (κ1) is 49.1. The predicted molar refractivity (Wildman–Crippen MR) is 248 cm³/mol. The molecule has 5 rings (SSSR count). The van der Waals surface area contributed by atoms with E-state index < -0.39 is 65.4 Å². The zero-order valence-corrected chi connectivity index (χ0v) is 37.7. The highest BCUT2D eigenvalue weighted by molar-refractivity contribution is 5.91. The lowest BCUT2D eigenvalue weighted by atomic mass is 9.85. The third kappa shape index (κ3) is 15.1. The van der Waals surface area contributed by atoms with Gasteiger partial charge in [0.1, 0.15) is 47.7 Å². The summed E-state index contributed by atoms with van der Waals surface area (Å²) < 4.78 is 16.6. The van der Waals surface area contributed by atoms with Crippen molar-refractivity contribution in [1.29, 1.82) is 0 Å². The van der Waals surface area contributed by atoms with Crippen molar-refractivity contribution in [2.24, 2.45) is 11.3 Å². The van der Waals surface area contributed by atoms with Crippen molar-refractivity contribution in [3.63, 3.8) is 0 Å². The summed E-state index contributed by atoms with van der Waals surface area (Å²) in [5, 5.41) is 37.5. The Morgan fingerprint density at radius 1 is 0.631 bits per heavy atom. The number of nitrogens with one attached hydrogen (secondary N) is 5. The summed E-state index contributed by atoms with van der Waals surface area (Å²) in [5.41, 5.74) is 1.91. The van der Waals surface area contributed by atoms with E-state index in [-0.39, 0.29) is 31.9 Å². The number of amides is 4. The summed E-state index contributed by atoms with van der Waals surface area (Å²) in [4.78, 5) is 55.8. The summed E-state index contributed by atoms with van der Waals surface area (Å²) in [6.45, 7) is 8.98. The largest absolute Gasteiger partial charge is 0.507 e. The number of benzene rings is 5. The molecular formula is C51H61N5O9. The van der Waals surface area contributed by atoms with E-state index in [1.807, 2.05) is 103 Å². The normalized spacial score (nSPS) is 13.6. The maximum absolute atomic E-state index is 14.6. The van der Waals surface area contributed by atoms with Gasteiger partial charge in [-0.3, -0.25) is 19.7 Å². The Morgan fingerprint density at radius 3 is 1.80 bits per heavy atom. The van der Waals surface area contributed by atoms with Gasteiger partial charge in [0.2, 0.25) is 17.7 Å². The first-order valence-corrected chi connectivity index (χ1v) is 21.6. The minimum absolute atomic E-state index is 0.00884. The molecule has 4 amide bonds. The van der Waals surface area contributed by atoms with E-state index >= 15 is 0 Å². The molecule has 0 fully saturated rings. The van der Waals surface area contributed by atoms with E-state index in [1.165, 1.54) is 13.2 Å². The smallest absolute Gasteiger partial charge is 0.408 e. The topological polar surface area (TPSA) is 197 Å². The van der Waals surface area contributed by atoms with Crippen LogP contribution in [0.2, 0.25) is 0 Å². The van der Waals surface area contributed by atoms with Crippen LogP contribution in [0.25, 0.3) is 0 Å². The molecule has 5 aromatic rings. The fraction of sp³-hybridized carbons (Fsp3) is 0.333. The Kier molecular flexibility index (Phi) is 17.9. The summed E-state index contributed by atoms with van der Waals surface area (Å²) in [6, 6.07) is 34.9. The summed E-state index contributed by atoms with van der Waals surface area (Å²) in [7, 11) is 1.48. The highest BCUT2D eigenvalue weighted by Crippen LogP contribution is 2.25. The van der Waals surface area contributed by atoms with Gasteiger partial charge in [-0.05, 0) is 70.8 Å². The number of phenols is 1. The number of hydrogen-bond acceptors (Lipinski definition) is 10. The third-order valence-electron chi connectivity index (χ3n) is 10.7. The van der Waals surface area contributed by atoms with Gasteiger partial charge in [0.25, 0.3) is 0 Å². The minimum atomic E-state index is -1.59. The van der Waals surface area contributed by atoms with E-state index in [0.29, 0.717) is 22.8 Å². The standard InChI is InChI=1S/C51H61N5O9/c1-33(2)43(47(59)53-31-37-24-27-40(63-6)29-42(37)57)55-48(60)44(52-30-35-22-25-39(26-23-35)65-38-20-14-9-15-21-38)45(58)41(28-34-16-10-7-11-17-34)54-49(61)46(51(3,4)5)56-50(62)64-32-36-18-12-8-13-19-36/h7-27,29,33,41,43-46,52,57-58H,28,30-32H2,1-6H3,(H,53,59)(H,54,61)(H,55,60)(H,56,62)/t41-,43-,44+,45+,46+/m0/s1. The van der Waals surface area contributed by atoms with Gasteiger partial charge in [0, 0.05) is 24.7 Å². The van der Waals surface area contributed by atoms with Crippen LogP contribution in [0.4, 0.5) is 4.79 Å². The van der Waals surface area contributed by atoms with E-state index in [0.717, 1.165) is 16.7 Å². The lowest BCUT2D eigenvalue weighted by Gasteiger charge is -2.35. The highest BCUT2D eigenvalue weighted by Gasteiger charge is 2.40. The van der Waals surface area contributed by atoms with Crippen LogP contribution in [0, 0.1) is 11.3 Å². The second-order valence-electron chi connectivity index (χ2n) is 17.2. The van der Waals surface area contributed by atoms with Crippen molar-refractivity contribution in [2.45, 2.75) is 91.0 Å². The maximum Gasteiger partial charge on any atom is 0.408 e. The lowest BCUT2D eigenvalue weighted by molar-refractivity contribution is -0.134. The number of para-hydroxylation sites is 1. The Labute approximate surface area is 381 Å². The van der Waals surface area contributed by atoms with E-state index in [4.69, 9.17) is 14.2 Å².